The van der Waals surface area contributed by atoms with Crippen LogP contribution in [0.15, 0.2) is 54.3 Å². The quantitative estimate of drug-likeness (QED) is 0.550. The van der Waals surface area contributed by atoms with Gasteiger partial charge < -0.3 is 18.9 Å². The zero-order valence-corrected chi connectivity index (χ0v) is 16.5. The maximum absolute atomic E-state index is 12.4. The second-order valence-electron chi connectivity index (χ2n) is 6.86. The van der Waals surface area contributed by atoms with Crippen LogP contribution >= 0.6 is 0 Å². The molecule has 28 heavy (non-hydrogen) atoms. The number of fused-ring (bicyclic) bond motifs is 1. The fraction of sp³-hybridized carbons (Fsp3) is 0.364. The van der Waals surface area contributed by atoms with E-state index in [-0.39, 0.29) is 11.7 Å². The molecule has 1 aromatic rings. The molecular weight excluding hydrogens is 360 g/mol. The van der Waals surface area contributed by atoms with Crippen molar-refractivity contribution in [2.45, 2.75) is 32.0 Å². The van der Waals surface area contributed by atoms with Gasteiger partial charge in [-0.25, -0.2) is 0 Å². The van der Waals surface area contributed by atoms with E-state index >= 15 is 0 Å². The smallest absolute Gasteiger partial charge is 0.303 e. The maximum Gasteiger partial charge on any atom is 0.303 e. The van der Waals surface area contributed by atoms with Gasteiger partial charge in [0.05, 0.1) is 14.2 Å². The molecule has 0 spiro atoms. The second kappa shape index (κ2) is 7.54. The largest absolute Gasteiger partial charge is 0.493 e. The van der Waals surface area contributed by atoms with Gasteiger partial charge in [0.15, 0.2) is 22.9 Å². The van der Waals surface area contributed by atoms with Crippen molar-refractivity contribution in [1.29, 1.82) is 0 Å². The molecule has 0 unspecified atom stereocenters. The number of allylic oxidation sites excluding steroid dienone is 3. The zero-order valence-electron chi connectivity index (χ0n) is 16.5. The van der Waals surface area contributed by atoms with E-state index in [1.807, 2.05) is 19.1 Å². The number of ether oxygens (including phenoxy) is 4. The molecule has 0 radical (unpaired) electrons. The van der Waals surface area contributed by atoms with E-state index in [9.17, 15) is 9.59 Å². The third kappa shape index (κ3) is 3.19. The molecule has 1 aromatic carbocycles. The summed E-state index contributed by atoms with van der Waals surface area (Å²) in [6.45, 7) is 6.98. The molecule has 0 saturated carbocycles. The van der Waals surface area contributed by atoms with Crippen LogP contribution in [0.25, 0.3) is 0 Å². The predicted octanol–water partition coefficient (Wildman–Crippen LogP) is 3.68. The number of carbonyl (C=O) groups is 2. The van der Waals surface area contributed by atoms with Gasteiger partial charge in [-0.3, -0.25) is 9.59 Å². The number of ketones is 1. The van der Waals surface area contributed by atoms with Gasteiger partial charge in [-0.15, -0.1) is 6.58 Å². The molecule has 1 heterocycles. The minimum Gasteiger partial charge on any atom is -0.493 e. The van der Waals surface area contributed by atoms with Crippen LogP contribution in [-0.2, 0) is 19.1 Å². The Morgan fingerprint density at radius 1 is 1.29 bits per heavy atom. The Bertz CT molecular complexity index is 881. The normalized spacial score (nSPS) is 25.8. The first-order valence-corrected chi connectivity index (χ1v) is 9.03. The third-order valence-corrected chi connectivity index (χ3v) is 5.15. The van der Waals surface area contributed by atoms with Crippen LogP contribution in [0.1, 0.15) is 31.9 Å². The summed E-state index contributed by atoms with van der Waals surface area (Å²) in [5.41, 5.74) is 0.233. The number of esters is 1. The van der Waals surface area contributed by atoms with Gasteiger partial charge in [0.1, 0.15) is 11.9 Å². The molecule has 6 nitrogen and oxygen atoms in total. The number of benzene rings is 1. The fourth-order valence-corrected chi connectivity index (χ4v) is 3.78. The van der Waals surface area contributed by atoms with Crippen molar-refractivity contribution in [3.8, 4) is 11.5 Å². The summed E-state index contributed by atoms with van der Waals surface area (Å²) >= 11 is 0. The molecule has 2 aliphatic rings. The minimum atomic E-state index is -1.13. The molecule has 0 amide bonds. The van der Waals surface area contributed by atoms with Crippen LogP contribution in [0.3, 0.4) is 0 Å². The van der Waals surface area contributed by atoms with Crippen LogP contribution in [0.5, 0.6) is 11.5 Å². The van der Waals surface area contributed by atoms with Gasteiger partial charge in [0.25, 0.3) is 0 Å². The highest BCUT2D eigenvalue weighted by atomic mass is 16.6. The van der Waals surface area contributed by atoms with Crippen molar-refractivity contribution < 1.29 is 28.5 Å². The maximum atomic E-state index is 12.4. The molecule has 0 bridgehead atoms. The van der Waals surface area contributed by atoms with E-state index in [0.717, 1.165) is 5.56 Å². The predicted molar refractivity (Wildman–Crippen MR) is 103 cm³/mol. The highest BCUT2D eigenvalue weighted by Crippen LogP contribution is 2.52. The molecule has 1 saturated heterocycles. The Hall–Kier alpha value is -3.02. The molecule has 0 N–H and O–H groups in total. The van der Waals surface area contributed by atoms with Gasteiger partial charge in [-0.05, 0) is 30.2 Å². The number of methoxy groups -OCH3 is 2. The average molecular weight is 384 g/mol. The van der Waals surface area contributed by atoms with Crippen molar-refractivity contribution in [1.82, 2.24) is 0 Å². The van der Waals surface area contributed by atoms with Gasteiger partial charge in [-0.1, -0.05) is 19.1 Å². The van der Waals surface area contributed by atoms with E-state index in [1.54, 1.807) is 32.4 Å². The van der Waals surface area contributed by atoms with Gasteiger partial charge in [-0.2, -0.15) is 0 Å². The lowest BCUT2D eigenvalue weighted by Crippen LogP contribution is -2.40. The summed E-state index contributed by atoms with van der Waals surface area (Å²) in [6, 6.07) is 5.50. The lowest BCUT2D eigenvalue weighted by Gasteiger charge is -2.32. The topological polar surface area (TPSA) is 71.1 Å². The Kier molecular flexibility index (Phi) is 5.31. The third-order valence-electron chi connectivity index (χ3n) is 5.15. The van der Waals surface area contributed by atoms with Crippen molar-refractivity contribution in [3.05, 3.63) is 59.9 Å². The van der Waals surface area contributed by atoms with Crippen LogP contribution in [-0.4, -0.2) is 31.6 Å². The molecular formula is C22H24O6. The standard InChI is InChI=1S/C22H24O6/c1-6-7-16-12-22(28-14(3)23)13(2)21(27-20(22)11-17(16)24)15-8-9-18(25-4)19(10-15)26-5/h6,8-13,21H,1,7H2,2-5H3/t13-,21+,22+/m1/s1. The van der Waals surface area contributed by atoms with Crippen molar-refractivity contribution in [2.24, 2.45) is 5.92 Å². The summed E-state index contributed by atoms with van der Waals surface area (Å²) in [6.07, 6.45) is 4.73. The summed E-state index contributed by atoms with van der Waals surface area (Å²) in [7, 11) is 3.13. The van der Waals surface area contributed by atoms with E-state index in [1.165, 1.54) is 13.0 Å². The number of hydrogen-bond acceptors (Lipinski definition) is 6. The summed E-state index contributed by atoms with van der Waals surface area (Å²) in [4.78, 5) is 24.3. The SMILES string of the molecule is C=CCC1=C[C@@]2(OC(C)=O)C(=CC1=O)O[C@H](c1ccc(OC)c(OC)c1)[C@H]2C. The van der Waals surface area contributed by atoms with Crippen molar-refractivity contribution in [2.75, 3.05) is 14.2 Å². The molecule has 1 aliphatic heterocycles. The molecule has 3 atom stereocenters. The first-order chi connectivity index (χ1) is 13.4. The molecule has 3 rings (SSSR count). The van der Waals surface area contributed by atoms with E-state index < -0.39 is 17.7 Å². The second-order valence-corrected chi connectivity index (χ2v) is 6.86. The minimum absolute atomic E-state index is 0.169. The molecule has 6 heteroatoms. The summed E-state index contributed by atoms with van der Waals surface area (Å²) < 4.78 is 22.6. The average Bonchev–Trinajstić information content (AvgIpc) is 2.93. The molecule has 148 valence electrons. The van der Waals surface area contributed by atoms with E-state index in [4.69, 9.17) is 18.9 Å². The summed E-state index contributed by atoms with van der Waals surface area (Å²) in [5.74, 6) is 0.629. The Balaban J connectivity index is 2.07. The van der Waals surface area contributed by atoms with Gasteiger partial charge >= 0.3 is 5.97 Å². The highest BCUT2D eigenvalue weighted by Gasteiger charge is 2.56. The molecule has 1 fully saturated rings. The Morgan fingerprint density at radius 2 is 2.00 bits per heavy atom. The summed E-state index contributed by atoms with van der Waals surface area (Å²) in [5, 5.41) is 0. The number of rotatable bonds is 6. The highest BCUT2D eigenvalue weighted by molar-refractivity contribution is 6.06. The van der Waals surface area contributed by atoms with Crippen LogP contribution in [0.2, 0.25) is 0 Å². The van der Waals surface area contributed by atoms with Crippen LogP contribution < -0.4 is 9.47 Å². The lowest BCUT2D eigenvalue weighted by atomic mass is 9.78. The van der Waals surface area contributed by atoms with Gasteiger partial charge in [0, 0.05) is 24.5 Å². The number of hydrogen-bond donors (Lipinski definition) is 0. The van der Waals surface area contributed by atoms with E-state index in [0.29, 0.717) is 29.3 Å². The lowest BCUT2D eigenvalue weighted by molar-refractivity contribution is -0.152. The van der Waals surface area contributed by atoms with Gasteiger partial charge in [0.2, 0.25) is 0 Å². The first kappa shape index (κ1) is 19.7. The Morgan fingerprint density at radius 3 is 2.61 bits per heavy atom. The molecule has 0 aromatic heterocycles. The van der Waals surface area contributed by atoms with Crippen molar-refractivity contribution in [3.63, 3.8) is 0 Å². The van der Waals surface area contributed by atoms with Crippen LogP contribution in [0, 0.1) is 5.92 Å². The number of carbonyl (C=O) groups excluding carboxylic acids is 2. The van der Waals surface area contributed by atoms with E-state index in [2.05, 4.69) is 6.58 Å². The molecule has 1 aliphatic carbocycles. The fourth-order valence-electron chi connectivity index (χ4n) is 3.78. The zero-order chi connectivity index (χ0) is 20.5. The monoisotopic (exact) mass is 384 g/mol. The van der Waals surface area contributed by atoms with Crippen molar-refractivity contribution >= 4 is 11.8 Å². The van der Waals surface area contributed by atoms with Crippen LogP contribution in [0.4, 0.5) is 0 Å². The Labute approximate surface area is 164 Å². The first-order valence-electron chi connectivity index (χ1n) is 9.03.